The number of hydrogen-bond acceptors (Lipinski definition) is 2. The Morgan fingerprint density at radius 1 is 0.611 bits per heavy atom. The maximum absolute atomic E-state index is 10.1. The molecular formula is C14H8Br2O2. The molecule has 0 saturated carbocycles. The summed E-state index contributed by atoms with van der Waals surface area (Å²) in [6.45, 7) is 0. The molecule has 0 aliphatic rings. The first-order valence-corrected chi connectivity index (χ1v) is 6.89. The van der Waals surface area contributed by atoms with E-state index in [2.05, 4.69) is 31.9 Å². The van der Waals surface area contributed by atoms with Crippen molar-refractivity contribution < 1.29 is 10.2 Å². The third-order valence-electron chi connectivity index (χ3n) is 2.99. The number of rotatable bonds is 0. The standard InChI is InChI=1S/C14H8Br2O2/c15-7-1-3-9-10-4-2-8(16)6-12(10)14(18)13(17)11(9)5-7/h1-6,17-18H. The predicted octanol–water partition coefficient (Wildman–Crippen LogP) is 4.93. The molecule has 2 nitrogen and oxygen atoms in total. The van der Waals surface area contributed by atoms with E-state index in [1.807, 2.05) is 24.3 Å². The van der Waals surface area contributed by atoms with Gasteiger partial charge in [-0.05, 0) is 35.0 Å². The van der Waals surface area contributed by atoms with Crippen molar-refractivity contribution >= 4 is 53.4 Å². The number of phenolic OH excluding ortho intramolecular Hbond substituents is 2. The number of hydrogen-bond donors (Lipinski definition) is 2. The number of phenols is 2. The Bertz CT molecular complexity index is 715. The molecule has 0 fully saturated rings. The molecule has 0 atom stereocenters. The Morgan fingerprint density at radius 2 is 1.00 bits per heavy atom. The average molecular weight is 368 g/mol. The summed E-state index contributed by atoms with van der Waals surface area (Å²) < 4.78 is 1.72. The second-order valence-electron chi connectivity index (χ2n) is 4.08. The molecule has 0 radical (unpaired) electrons. The molecule has 2 N–H and O–H groups in total. The first-order valence-electron chi connectivity index (χ1n) is 5.30. The zero-order valence-electron chi connectivity index (χ0n) is 9.11. The molecule has 4 heteroatoms. The second-order valence-corrected chi connectivity index (χ2v) is 5.91. The summed E-state index contributed by atoms with van der Waals surface area (Å²) in [6.07, 6.45) is 0. The number of aromatic hydroxyl groups is 2. The fraction of sp³-hybridized carbons (Fsp3) is 0. The largest absolute Gasteiger partial charge is 0.504 e. The highest BCUT2D eigenvalue weighted by Gasteiger charge is 2.13. The van der Waals surface area contributed by atoms with Crippen molar-refractivity contribution in [2.24, 2.45) is 0 Å². The van der Waals surface area contributed by atoms with Gasteiger partial charge < -0.3 is 10.2 Å². The lowest BCUT2D eigenvalue weighted by atomic mass is 10.0. The molecule has 0 heterocycles. The third kappa shape index (κ3) is 1.68. The van der Waals surface area contributed by atoms with E-state index in [0.717, 1.165) is 19.7 Å². The topological polar surface area (TPSA) is 40.5 Å². The van der Waals surface area contributed by atoms with Crippen LogP contribution in [0.3, 0.4) is 0 Å². The van der Waals surface area contributed by atoms with Crippen LogP contribution in [-0.4, -0.2) is 10.2 Å². The van der Waals surface area contributed by atoms with Crippen LogP contribution in [0.25, 0.3) is 21.5 Å². The summed E-state index contributed by atoms with van der Waals surface area (Å²) in [5, 5.41) is 23.3. The first kappa shape index (κ1) is 11.8. The summed E-state index contributed by atoms with van der Waals surface area (Å²) in [5.74, 6) is -0.172. The van der Waals surface area contributed by atoms with Gasteiger partial charge in [0.25, 0.3) is 0 Å². The fourth-order valence-electron chi connectivity index (χ4n) is 2.15. The van der Waals surface area contributed by atoms with Crippen LogP contribution in [-0.2, 0) is 0 Å². The molecule has 18 heavy (non-hydrogen) atoms. The van der Waals surface area contributed by atoms with Crippen LogP contribution in [0.5, 0.6) is 11.5 Å². The molecule has 0 amide bonds. The minimum absolute atomic E-state index is 0.0862. The van der Waals surface area contributed by atoms with Crippen molar-refractivity contribution in [3.8, 4) is 11.5 Å². The highest BCUT2D eigenvalue weighted by Crippen LogP contribution is 2.43. The lowest BCUT2D eigenvalue weighted by Gasteiger charge is -2.10. The summed E-state index contributed by atoms with van der Waals surface area (Å²) in [4.78, 5) is 0. The van der Waals surface area contributed by atoms with E-state index < -0.39 is 0 Å². The Labute approximate surface area is 120 Å². The number of halogens is 2. The maximum Gasteiger partial charge on any atom is 0.166 e. The van der Waals surface area contributed by atoms with Crippen molar-refractivity contribution in [3.05, 3.63) is 45.3 Å². The molecule has 0 aliphatic heterocycles. The molecule has 0 spiro atoms. The van der Waals surface area contributed by atoms with E-state index in [4.69, 9.17) is 0 Å². The van der Waals surface area contributed by atoms with Gasteiger partial charge in [-0.15, -0.1) is 0 Å². The van der Waals surface area contributed by atoms with Gasteiger partial charge in [0.1, 0.15) is 0 Å². The van der Waals surface area contributed by atoms with Gasteiger partial charge in [0.15, 0.2) is 11.5 Å². The molecule has 0 unspecified atom stereocenters. The zero-order valence-corrected chi connectivity index (χ0v) is 12.3. The summed E-state index contributed by atoms with van der Waals surface area (Å²) in [5.41, 5.74) is 0. The Hall–Kier alpha value is -1.26. The highest BCUT2D eigenvalue weighted by atomic mass is 79.9. The van der Waals surface area contributed by atoms with Gasteiger partial charge in [0, 0.05) is 19.7 Å². The van der Waals surface area contributed by atoms with Crippen LogP contribution in [0.1, 0.15) is 0 Å². The van der Waals surface area contributed by atoms with Crippen molar-refractivity contribution in [1.82, 2.24) is 0 Å². The van der Waals surface area contributed by atoms with Crippen LogP contribution in [0.4, 0.5) is 0 Å². The van der Waals surface area contributed by atoms with Gasteiger partial charge >= 0.3 is 0 Å². The number of fused-ring (bicyclic) bond motifs is 3. The molecule has 3 aromatic carbocycles. The minimum atomic E-state index is -0.0862. The van der Waals surface area contributed by atoms with E-state index in [-0.39, 0.29) is 11.5 Å². The molecule has 0 bridgehead atoms. The Balaban J connectivity index is 2.62. The lowest BCUT2D eigenvalue weighted by Crippen LogP contribution is -1.82. The normalized spacial score (nSPS) is 11.2. The van der Waals surface area contributed by atoms with Gasteiger partial charge in [-0.1, -0.05) is 44.0 Å². The quantitative estimate of drug-likeness (QED) is 0.437. The van der Waals surface area contributed by atoms with E-state index in [0.29, 0.717) is 10.8 Å². The van der Waals surface area contributed by atoms with Gasteiger partial charge in [0.2, 0.25) is 0 Å². The van der Waals surface area contributed by atoms with Crippen molar-refractivity contribution in [3.63, 3.8) is 0 Å². The molecule has 0 aromatic heterocycles. The van der Waals surface area contributed by atoms with Gasteiger partial charge in [-0.2, -0.15) is 0 Å². The summed E-state index contributed by atoms with van der Waals surface area (Å²) in [6, 6.07) is 11.3. The molecule has 0 saturated heterocycles. The lowest BCUT2D eigenvalue weighted by molar-refractivity contribution is 0.412. The first-order chi connectivity index (χ1) is 8.58. The zero-order chi connectivity index (χ0) is 12.9. The Kier molecular flexibility index (Phi) is 2.72. The van der Waals surface area contributed by atoms with Crippen LogP contribution in [0, 0.1) is 0 Å². The van der Waals surface area contributed by atoms with E-state index >= 15 is 0 Å². The predicted molar refractivity (Wildman–Crippen MR) is 80.2 cm³/mol. The van der Waals surface area contributed by atoms with Crippen LogP contribution >= 0.6 is 31.9 Å². The minimum Gasteiger partial charge on any atom is -0.504 e. The maximum atomic E-state index is 10.1. The Morgan fingerprint density at radius 3 is 1.39 bits per heavy atom. The number of benzene rings is 3. The fourth-order valence-corrected chi connectivity index (χ4v) is 2.87. The third-order valence-corrected chi connectivity index (χ3v) is 3.97. The molecular weight excluding hydrogens is 360 g/mol. The van der Waals surface area contributed by atoms with Gasteiger partial charge in [-0.25, -0.2) is 0 Å². The van der Waals surface area contributed by atoms with Crippen LogP contribution in [0.2, 0.25) is 0 Å². The molecule has 0 aliphatic carbocycles. The van der Waals surface area contributed by atoms with Crippen LogP contribution in [0.15, 0.2) is 45.3 Å². The van der Waals surface area contributed by atoms with Gasteiger partial charge in [-0.3, -0.25) is 0 Å². The monoisotopic (exact) mass is 366 g/mol. The van der Waals surface area contributed by atoms with E-state index in [1.54, 1.807) is 12.1 Å². The molecule has 3 rings (SSSR count). The van der Waals surface area contributed by atoms with Crippen molar-refractivity contribution in [2.75, 3.05) is 0 Å². The van der Waals surface area contributed by atoms with E-state index in [1.165, 1.54) is 0 Å². The van der Waals surface area contributed by atoms with Gasteiger partial charge in [0.05, 0.1) is 0 Å². The highest BCUT2D eigenvalue weighted by molar-refractivity contribution is 9.10. The second kappa shape index (κ2) is 4.14. The van der Waals surface area contributed by atoms with Crippen molar-refractivity contribution in [1.29, 1.82) is 0 Å². The molecule has 90 valence electrons. The van der Waals surface area contributed by atoms with Crippen LogP contribution < -0.4 is 0 Å². The van der Waals surface area contributed by atoms with Crippen molar-refractivity contribution in [2.45, 2.75) is 0 Å². The summed E-state index contributed by atoms with van der Waals surface area (Å²) in [7, 11) is 0. The summed E-state index contributed by atoms with van der Waals surface area (Å²) >= 11 is 6.73. The van der Waals surface area contributed by atoms with E-state index in [9.17, 15) is 10.2 Å². The molecule has 3 aromatic rings. The smallest absolute Gasteiger partial charge is 0.166 e. The SMILES string of the molecule is Oc1c(O)c2cc(Br)ccc2c2ccc(Br)cc12. The average Bonchev–Trinajstić information content (AvgIpc) is 2.36.